The summed E-state index contributed by atoms with van der Waals surface area (Å²) in [5.74, 6) is -2.70. The first-order chi connectivity index (χ1) is 14.9. The van der Waals surface area contributed by atoms with E-state index < -0.39 is 41.3 Å². The maximum absolute atomic E-state index is 12.7. The molecule has 12 heteroatoms. The van der Waals surface area contributed by atoms with Crippen molar-refractivity contribution in [1.29, 1.82) is 0 Å². The molecule has 0 heterocycles. The third-order valence-electron chi connectivity index (χ3n) is 4.53. The maximum Gasteiger partial charge on any atom is 0.407 e. The zero-order valence-electron chi connectivity index (χ0n) is 17.5. The summed E-state index contributed by atoms with van der Waals surface area (Å²) in [4.78, 5) is 31.6. The van der Waals surface area contributed by atoms with Crippen molar-refractivity contribution in [3.8, 4) is 0 Å². The van der Waals surface area contributed by atoms with Crippen molar-refractivity contribution in [3.63, 3.8) is 0 Å². The van der Waals surface area contributed by atoms with E-state index >= 15 is 0 Å². The summed E-state index contributed by atoms with van der Waals surface area (Å²) in [6.07, 6.45) is -0.799. The van der Waals surface area contributed by atoms with Gasteiger partial charge in [-0.15, -0.1) is 0 Å². The van der Waals surface area contributed by atoms with Crippen molar-refractivity contribution in [1.82, 2.24) is 10.0 Å². The molecule has 32 heavy (non-hydrogen) atoms. The first kappa shape index (κ1) is 26.3. The van der Waals surface area contributed by atoms with Crippen LogP contribution in [0.5, 0.6) is 0 Å². The summed E-state index contributed by atoms with van der Waals surface area (Å²) in [5, 5.41) is 2.84. The number of halogens is 1. The number of ether oxygens (including phenoxy) is 1. The summed E-state index contributed by atoms with van der Waals surface area (Å²) >= 11 is 5.80. The Labute approximate surface area is 192 Å². The smallest absolute Gasteiger partial charge is 0.407 e. The third kappa shape index (κ3) is 8.54. The highest BCUT2D eigenvalue weighted by Gasteiger charge is 2.35. The molecule has 176 valence electrons. The molecule has 0 aliphatic rings. The topological polar surface area (TPSA) is 142 Å². The summed E-state index contributed by atoms with van der Waals surface area (Å²) in [5.41, 5.74) is 0.827. The molecule has 1 amide bonds. The van der Waals surface area contributed by atoms with Gasteiger partial charge in [0.1, 0.15) is 12.4 Å². The Morgan fingerprint density at radius 3 is 2.22 bits per heavy atom. The molecular weight excluding hydrogens is 479 g/mol. The number of amides is 1. The fraction of sp³-hybridized carbons (Fsp3) is 0.350. The van der Waals surface area contributed by atoms with Gasteiger partial charge in [-0.3, -0.25) is 4.57 Å². The quantitative estimate of drug-likeness (QED) is 0.363. The molecule has 2 aromatic carbocycles. The van der Waals surface area contributed by atoms with Crippen molar-refractivity contribution >= 4 is 35.3 Å². The summed E-state index contributed by atoms with van der Waals surface area (Å²) in [6, 6.07) is 13.6. The molecule has 0 saturated carbocycles. The number of hydrogen-bond donors (Lipinski definition) is 4. The molecule has 0 aliphatic carbocycles. The van der Waals surface area contributed by atoms with Crippen LogP contribution >= 0.6 is 19.2 Å². The predicted molar refractivity (Wildman–Crippen MR) is 122 cm³/mol. The lowest BCUT2D eigenvalue weighted by molar-refractivity contribution is 0.134. The Morgan fingerprint density at radius 1 is 1.09 bits per heavy atom. The van der Waals surface area contributed by atoms with Crippen LogP contribution in [0, 0.1) is 5.92 Å². The van der Waals surface area contributed by atoms with Crippen molar-refractivity contribution in [2.24, 2.45) is 5.92 Å². The summed E-state index contributed by atoms with van der Waals surface area (Å²) < 4.78 is 44.6. The molecule has 0 fully saturated rings. The van der Waals surface area contributed by atoms with E-state index in [1.54, 1.807) is 38.1 Å². The van der Waals surface area contributed by atoms with Crippen LogP contribution in [0.25, 0.3) is 0 Å². The van der Waals surface area contributed by atoms with Crippen LogP contribution in [0.15, 0.2) is 54.6 Å². The van der Waals surface area contributed by atoms with Crippen LogP contribution in [0.2, 0.25) is 5.02 Å². The van der Waals surface area contributed by atoms with Gasteiger partial charge in [-0.1, -0.05) is 67.9 Å². The van der Waals surface area contributed by atoms with Crippen LogP contribution in [-0.4, -0.2) is 36.1 Å². The molecule has 1 unspecified atom stereocenters. The van der Waals surface area contributed by atoms with Crippen LogP contribution in [-0.2, 0) is 25.9 Å². The van der Waals surface area contributed by atoms with Gasteiger partial charge in [0.05, 0.1) is 5.75 Å². The minimum Gasteiger partial charge on any atom is -0.445 e. The van der Waals surface area contributed by atoms with Crippen LogP contribution in [0.4, 0.5) is 4.79 Å². The van der Waals surface area contributed by atoms with E-state index in [4.69, 9.17) is 16.3 Å². The third-order valence-corrected chi connectivity index (χ3v) is 7.45. The minimum absolute atomic E-state index is 0.0132. The van der Waals surface area contributed by atoms with Gasteiger partial charge in [0.25, 0.3) is 0 Å². The molecule has 0 radical (unpaired) electrons. The Kier molecular flexibility index (Phi) is 9.27. The molecule has 0 bridgehead atoms. The van der Waals surface area contributed by atoms with E-state index in [1.165, 1.54) is 24.3 Å². The average Bonchev–Trinajstić information content (AvgIpc) is 2.70. The van der Waals surface area contributed by atoms with Crippen LogP contribution in [0.3, 0.4) is 0 Å². The van der Waals surface area contributed by atoms with Crippen molar-refractivity contribution < 1.29 is 32.3 Å². The molecule has 0 spiro atoms. The standard InChI is InChI=1S/C20H26ClN2O7PS/c1-14(2)18(22-20(24)30-12-15-6-4-3-5-7-15)13-32(28,29)23-19(31(25,26)27)16-8-10-17(21)11-9-16/h3-11,14,18-19,23H,12-13H2,1-2H3,(H,22,24)(H2,25,26,27)/t18-,19?/m1/s1. The lowest BCUT2D eigenvalue weighted by Gasteiger charge is -2.25. The zero-order chi connectivity index (χ0) is 23.9. The van der Waals surface area contributed by atoms with E-state index in [-0.39, 0.29) is 18.1 Å². The number of rotatable bonds is 10. The number of nitrogens with one attached hydrogen (secondary N) is 2. The number of carbonyl (C=O) groups excluding carboxylic acids is 1. The molecule has 9 nitrogen and oxygen atoms in total. The molecular formula is C20H26ClN2O7PS. The van der Waals surface area contributed by atoms with Gasteiger partial charge in [-0.25, -0.2) is 13.2 Å². The SMILES string of the molecule is CC(C)[C@@H](CS(=O)(=O)NC(c1ccc(Cl)cc1)P(=O)(O)O)NC(=O)OCc1ccccc1. The van der Waals surface area contributed by atoms with Gasteiger partial charge in [0.15, 0.2) is 0 Å². The summed E-state index contributed by atoms with van der Waals surface area (Å²) in [6.45, 7) is 3.42. The highest BCUT2D eigenvalue weighted by Crippen LogP contribution is 2.50. The highest BCUT2D eigenvalue weighted by molar-refractivity contribution is 7.89. The van der Waals surface area contributed by atoms with Crippen molar-refractivity contribution in [2.75, 3.05) is 5.75 Å². The minimum atomic E-state index is -4.89. The van der Waals surface area contributed by atoms with Crippen LogP contribution < -0.4 is 10.0 Å². The second-order valence-electron chi connectivity index (χ2n) is 7.50. The second kappa shape index (κ2) is 11.3. The Balaban J connectivity index is 2.08. The highest BCUT2D eigenvalue weighted by atomic mass is 35.5. The molecule has 0 aliphatic heterocycles. The number of hydrogen-bond acceptors (Lipinski definition) is 5. The monoisotopic (exact) mass is 504 g/mol. The van der Waals surface area contributed by atoms with Gasteiger partial charge >= 0.3 is 13.7 Å². The molecule has 2 aromatic rings. The number of benzene rings is 2. The lowest BCUT2D eigenvalue weighted by Crippen LogP contribution is -2.46. The number of alkyl carbamates (subject to hydrolysis) is 1. The summed E-state index contributed by atoms with van der Waals surface area (Å²) in [7, 11) is -9.12. The largest absolute Gasteiger partial charge is 0.445 e. The average molecular weight is 505 g/mol. The van der Waals surface area contributed by atoms with E-state index in [1.807, 2.05) is 6.07 Å². The number of sulfonamides is 1. The van der Waals surface area contributed by atoms with E-state index in [0.717, 1.165) is 5.56 Å². The number of carbonyl (C=O) groups is 1. The lowest BCUT2D eigenvalue weighted by atomic mass is 10.1. The van der Waals surface area contributed by atoms with E-state index in [2.05, 4.69) is 10.0 Å². The van der Waals surface area contributed by atoms with Gasteiger partial charge in [-0.2, -0.15) is 4.72 Å². The van der Waals surface area contributed by atoms with E-state index in [0.29, 0.717) is 5.02 Å². The second-order valence-corrected chi connectivity index (χ2v) is 11.4. The van der Waals surface area contributed by atoms with Gasteiger partial charge in [-0.05, 0) is 29.2 Å². The molecule has 2 atom stereocenters. The first-order valence-corrected chi connectivity index (χ1v) is 13.4. The van der Waals surface area contributed by atoms with Gasteiger partial charge < -0.3 is 19.8 Å². The van der Waals surface area contributed by atoms with Gasteiger partial charge in [0, 0.05) is 11.1 Å². The fourth-order valence-corrected chi connectivity index (χ4v) is 5.98. The fourth-order valence-electron chi connectivity index (χ4n) is 2.75. The van der Waals surface area contributed by atoms with E-state index in [9.17, 15) is 27.6 Å². The molecule has 0 aromatic heterocycles. The van der Waals surface area contributed by atoms with Crippen molar-refractivity contribution in [3.05, 3.63) is 70.7 Å². The van der Waals surface area contributed by atoms with Crippen LogP contribution in [0.1, 0.15) is 30.8 Å². The Bertz CT molecular complexity index is 1040. The molecule has 2 rings (SSSR count). The molecule has 4 N–H and O–H groups in total. The maximum atomic E-state index is 12.7. The van der Waals surface area contributed by atoms with Gasteiger partial charge in [0.2, 0.25) is 10.0 Å². The first-order valence-electron chi connectivity index (χ1n) is 9.65. The Hall–Kier alpha value is -1.94. The normalized spacial score (nSPS) is 14.1. The predicted octanol–water partition coefficient (Wildman–Crippen LogP) is 3.39. The van der Waals surface area contributed by atoms with Crippen molar-refractivity contribution in [2.45, 2.75) is 32.3 Å². The zero-order valence-corrected chi connectivity index (χ0v) is 20.0. The molecule has 0 saturated heterocycles. The Morgan fingerprint density at radius 2 is 1.69 bits per heavy atom.